The smallest absolute Gasteiger partial charge is 0.348 e. The Bertz CT molecular complexity index is 395. The van der Waals surface area contributed by atoms with Gasteiger partial charge in [-0.05, 0) is 18.6 Å². The summed E-state index contributed by atoms with van der Waals surface area (Å²) < 4.78 is 4.96. The predicted octanol–water partition coefficient (Wildman–Crippen LogP) is 1.47. The molecule has 1 heterocycles. The zero-order valence-electron chi connectivity index (χ0n) is 8.79. The lowest BCUT2D eigenvalue weighted by atomic mass is 10.1. The van der Waals surface area contributed by atoms with E-state index in [-0.39, 0.29) is 5.56 Å². The first-order valence-corrected chi connectivity index (χ1v) is 5.08. The van der Waals surface area contributed by atoms with Gasteiger partial charge >= 0.3 is 5.63 Å². The molecule has 1 aromatic rings. The largest absolute Gasteiger partial charge is 0.427 e. The van der Waals surface area contributed by atoms with E-state index in [1.807, 2.05) is 0 Å². The van der Waals surface area contributed by atoms with Gasteiger partial charge in [-0.25, -0.2) is 4.79 Å². The fourth-order valence-electron chi connectivity index (χ4n) is 1.32. The Hall–Kier alpha value is -1.58. The van der Waals surface area contributed by atoms with Gasteiger partial charge < -0.3 is 10.2 Å². The first kappa shape index (κ1) is 11.5. The molecular formula is C11H15NO3. The Morgan fingerprint density at radius 1 is 1.40 bits per heavy atom. The van der Waals surface area contributed by atoms with Crippen molar-refractivity contribution in [3.05, 3.63) is 33.9 Å². The number of aryl methyl sites for hydroxylation is 1. The average Bonchev–Trinajstić information content (AvgIpc) is 2.17. The molecule has 1 aromatic heterocycles. The SMILES string of the molecule is CCCCCc1ccc(C(N)=O)c(=O)o1. The van der Waals surface area contributed by atoms with Crippen LogP contribution in [-0.2, 0) is 6.42 Å². The molecule has 15 heavy (non-hydrogen) atoms. The monoisotopic (exact) mass is 209 g/mol. The minimum atomic E-state index is -0.746. The van der Waals surface area contributed by atoms with Crippen LogP contribution in [0.25, 0.3) is 0 Å². The van der Waals surface area contributed by atoms with Gasteiger partial charge in [0, 0.05) is 6.42 Å². The molecule has 1 amide bonds. The third kappa shape index (κ3) is 3.23. The van der Waals surface area contributed by atoms with E-state index in [9.17, 15) is 9.59 Å². The standard InChI is InChI=1S/C11H15NO3/c1-2-3-4-5-8-6-7-9(10(12)13)11(14)15-8/h6-7H,2-5H2,1H3,(H2,12,13). The Morgan fingerprint density at radius 3 is 2.67 bits per heavy atom. The highest BCUT2D eigenvalue weighted by molar-refractivity contribution is 5.92. The molecule has 4 nitrogen and oxygen atoms in total. The molecule has 1 rings (SSSR count). The van der Waals surface area contributed by atoms with E-state index in [2.05, 4.69) is 6.92 Å². The van der Waals surface area contributed by atoms with Crippen molar-refractivity contribution >= 4 is 5.91 Å². The van der Waals surface area contributed by atoms with E-state index in [1.54, 1.807) is 6.07 Å². The normalized spacial score (nSPS) is 10.2. The molecule has 0 aliphatic heterocycles. The minimum absolute atomic E-state index is 0.0887. The maximum Gasteiger partial charge on any atom is 0.348 e. The summed E-state index contributed by atoms with van der Waals surface area (Å²) in [6.45, 7) is 2.10. The van der Waals surface area contributed by atoms with Gasteiger partial charge in [0.05, 0.1) is 0 Å². The molecule has 0 atom stereocenters. The van der Waals surface area contributed by atoms with Crippen molar-refractivity contribution in [2.24, 2.45) is 5.73 Å². The molecular weight excluding hydrogens is 194 g/mol. The average molecular weight is 209 g/mol. The number of carbonyl (C=O) groups excluding carboxylic acids is 1. The summed E-state index contributed by atoms with van der Waals surface area (Å²) in [5.74, 6) is -0.137. The second-order valence-corrected chi connectivity index (χ2v) is 3.42. The van der Waals surface area contributed by atoms with Gasteiger partial charge in [-0.15, -0.1) is 0 Å². The highest BCUT2D eigenvalue weighted by Crippen LogP contribution is 2.05. The minimum Gasteiger partial charge on any atom is -0.427 e. The molecule has 2 N–H and O–H groups in total. The Kier molecular flexibility index (Phi) is 4.09. The van der Waals surface area contributed by atoms with Crippen LogP contribution in [0.2, 0.25) is 0 Å². The number of amides is 1. The van der Waals surface area contributed by atoms with Crippen LogP contribution in [0.5, 0.6) is 0 Å². The third-order valence-corrected chi connectivity index (χ3v) is 2.17. The first-order chi connectivity index (χ1) is 7.15. The molecule has 0 saturated heterocycles. The summed E-state index contributed by atoms with van der Waals surface area (Å²) in [5, 5.41) is 0. The fraction of sp³-hybridized carbons (Fsp3) is 0.455. The number of hydrogen-bond donors (Lipinski definition) is 1. The third-order valence-electron chi connectivity index (χ3n) is 2.17. The van der Waals surface area contributed by atoms with E-state index in [4.69, 9.17) is 10.2 Å². The summed E-state index contributed by atoms with van der Waals surface area (Å²) in [7, 11) is 0. The van der Waals surface area contributed by atoms with Crippen LogP contribution >= 0.6 is 0 Å². The number of carbonyl (C=O) groups is 1. The second kappa shape index (κ2) is 5.34. The molecule has 0 bridgehead atoms. The van der Waals surface area contributed by atoms with E-state index in [1.165, 1.54) is 6.07 Å². The summed E-state index contributed by atoms with van der Waals surface area (Å²) in [6, 6.07) is 3.06. The molecule has 4 heteroatoms. The maximum absolute atomic E-state index is 11.2. The summed E-state index contributed by atoms with van der Waals surface area (Å²) in [5.41, 5.74) is 4.26. The van der Waals surface area contributed by atoms with Crippen LogP contribution in [0, 0.1) is 0 Å². The van der Waals surface area contributed by atoms with Crippen LogP contribution in [0.4, 0.5) is 0 Å². The molecule has 0 aliphatic rings. The van der Waals surface area contributed by atoms with Gasteiger partial charge in [-0.3, -0.25) is 4.79 Å². The lowest BCUT2D eigenvalue weighted by molar-refractivity contribution is 0.0996. The van der Waals surface area contributed by atoms with E-state index in [0.29, 0.717) is 5.76 Å². The van der Waals surface area contributed by atoms with Crippen molar-refractivity contribution in [2.45, 2.75) is 32.6 Å². The zero-order valence-corrected chi connectivity index (χ0v) is 8.79. The van der Waals surface area contributed by atoms with Crippen LogP contribution < -0.4 is 11.4 Å². The van der Waals surface area contributed by atoms with Crippen molar-refractivity contribution in [3.63, 3.8) is 0 Å². The number of rotatable bonds is 5. The number of nitrogens with two attached hydrogens (primary N) is 1. The lowest BCUT2D eigenvalue weighted by Gasteiger charge is -1.99. The molecule has 0 fully saturated rings. The van der Waals surface area contributed by atoms with Gasteiger partial charge in [0.25, 0.3) is 5.91 Å². The lowest BCUT2D eigenvalue weighted by Crippen LogP contribution is -2.21. The fourth-order valence-corrected chi connectivity index (χ4v) is 1.32. The van der Waals surface area contributed by atoms with Gasteiger partial charge in [-0.1, -0.05) is 19.8 Å². The molecule has 0 aliphatic carbocycles. The Morgan fingerprint density at radius 2 is 2.13 bits per heavy atom. The van der Waals surface area contributed by atoms with E-state index in [0.717, 1.165) is 25.7 Å². The van der Waals surface area contributed by atoms with E-state index >= 15 is 0 Å². The van der Waals surface area contributed by atoms with Gasteiger partial charge in [0.2, 0.25) is 0 Å². The summed E-state index contributed by atoms with van der Waals surface area (Å²) >= 11 is 0. The molecule has 0 saturated carbocycles. The van der Waals surface area contributed by atoms with Gasteiger partial charge in [-0.2, -0.15) is 0 Å². The van der Waals surface area contributed by atoms with Crippen LogP contribution in [0.3, 0.4) is 0 Å². The molecule has 0 unspecified atom stereocenters. The molecule has 82 valence electrons. The second-order valence-electron chi connectivity index (χ2n) is 3.42. The van der Waals surface area contributed by atoms with Crippen LogP contribution in [0.1, 0.15) is 42.3 Å². The predicted molar refractivity (Wildman–Crippen MR) is 56.7 cm³/mol. The van der Waals surface area contributed by atoms with Crippen LogP contribution in [0.15, 0.2) is 21.3 Å². The van der Waals surface area contributed by atoms with Gasteiger partial charge in [0.1, 0.15) is 11.3 Å². The van der Waals surface area contributed by atoms with Crippen LogP contribution in [-0.4, -0.2) is 5.91 Å². The van der Waals surface area contributed by atoms with Gasteiger partial charge in [0.15, 0.2) is 0 Å². The number of unbranched alkanes of at least 4 members (excludes halogenated alkanes) is 2. The van der Waals surface area contributed by atoms with Crippen molar-refractivity contribution in [3.8, 4) is 0 Å². The molecule has 0 radical (unpaired) electrons. The zero-order chi connectivity index (χ0) is 11.3. The quantitative estimate of drug-likeness (QED) is 0.746. The van der Waals surface area contributed by atoms with Crippen molar-refractivity contribution in [1.29, 1.82) is 0 Å². The number of hydrogen-bond acceptors (Lipinski definition) is 3. The summed E-state index contributed by atoms with van der Waals surface area (Å²) in [4.78, 5) is 22.0. The van der Waals surface area contributed by atoms with Crippen molar-refractivity contribution in [1.82, 2.24) is 0 Å². The highest BCUT2D eigenvalue weighted by atomic mass is 16.4. The Balaban J connectivity index is 2.74. The van der Waals surface area contributed by atoms with Crippen molar-refractivity contribution in [2.75, 3.05) is 0 Å². The Labute approximate surface area is 88.1 Å². The molecule has 0 aromatic carbocycles. The molecule has 0 spiro atoms. The highest BCUT2D eigenvalue weighted by Gasteiger charge is 2.08. The van der Waals surface area contributed by atoms with Crippen molar-refractivity contribution < 1.29 is 9.21 Å². The summed E-state index contributed by atoms with van der Waals surface area (Å²) in [6.07, 6.45) is 3.92. The number of primary amides is 1. The first-order valence-electron chi connectivity index (χ1n) is 5.08. The maximum atomic E-state index is 11.2. The van der Waals surface area contributed by atoms with E-state index < -0.39 is 11.5 Å². The topological polar surface area (TPSA) is 73.3 Å².